The molecule has 1 unspecified atom stereocenters. The minimum Gasteiger partial charge on any atom is -0.486 e. The Morgan fingerprint density at radius 1 is 1.03 bits per heavy atom. The third-order valence-electron chi connectivity index (χ3n) is 5.71. The van der Waals surface area contributed by atoms with E-state index in [2.05, 4.69) is 22.8 Å². The number of rotatable bonds is 7. The van der Waals surface area contributed by atoms with E-state index in [0.29, 0.717) is 36.9 Å². The van der Waals surface area contributed by atoms with Crippen LogP contribution in [0.3, 0.4) is 0 Å². The van der Waals surface area contributed by atoms with E-state index in [1.54, 1.807) is 18.2 Å². The molecule has 0 bridgehead atoms. The summed E-state index contributed by atoms with van der Waals surface area (Å²) >= 11 is 0. The number of anilines is 1. The number of aryl methyl sites for hydroxylation is 1. The van der Waals surface area contributed by atoms with Gasteiger partial charge in [-0.25, -0.2) is 0 Å². The zero-order valence-corrected chi connectivity index (χ0v) is 17.9. The zero-order valence-electron chi connectivity index (χ0n) is 17.9. The van der Waals surface area contributed by atoms with E-state index in [-0.39, 0.29) is 30.9 Å². The molecule has 0 aromatic heterocycles. The molecule has 1 atom stereocenters. The molecule has 2 aromatic carbocycles. The Labute approximate surface area is 182 Å². The molecule has 7 heteroatoms. The lowest BCUT2D eigenvalue weighted by atomic mass is 9.88. The van der Waals surface area contributed by atoms with E-state index in [1.807, 2.05) is 24.0 Å². The van der Waals surface area contributed by atoms with Crippen LogP contribution in [0.25, 0.3) is 0 Å². The van der Waals surface area contributed by atoms with E-state index in [9.17, 15) is 9.59 Å². The fourth-order valence-corrected chi connectivity index (χ4v) is 4.15. The topological polar surface area (TPSA) is 79.9 Å². The number of nitrogens with one attached hydrogen (secondary N) is 2. The maximum atomic E-state index is 12.7. The molecule has 31 heavy (non-hydrogen) atoms. The molecule has 1 aliphatic carbocycles. The monoisotopic (exact) mass is 423 g/mol. The van der Waals surface area contributed by atoms with Gasteiger partial charge in [0.2, 0.25) is 11.8 Å². The molecule has 2 amide bonds. The van der Waals surface area contributed by atoms with Crippen LogP contribution >= 0.6 is 0 Å². The minimum absolute atomic E-state index is 0.0442. The number of carbonyl (C=O) groups is 2. The van der Waals surface area contributed by atoms with Crippen LogP contribution in [0.15, 0.2) is 42.5 Å². The molecule has 0 fully saturated rings. The summed E-state index contributed by atoms with van der Waals surface area (Å²) in [5, 5.41) is 6.03. The molecule has 0 saturated heterocycles. The average Bonchev–Trinajstić information content (AvgIpc) is 2.78. The number of fused-ring (bicyclic) bond motifs is 2. The Bertz CT molecular complexity index is 946. The normalized spacial score (nSPS) is 17.0. The maximum Gasteiger partial charge on any atom is 0.238 e. The van der Waals surface area contributed by atoms with Gasteiger partial charge in [-0.15, -0.1) is 0 Å². The van der Waals surface area contributed by atoms with Crippen molar-refractivity contribution in [2.24, 2.45) is 0 Å². The van der Waals surface area contributed by atoms with E-state index in [1.165, 1.54) is 11.1 Å². The van der Waals surface area contributed by atoms with Crippen LogP contribution in [-0.2, 0) is 16.0 Å². The van der Waals surface area contributed by atoms with Gasteiger partial charge in [-0.05, 0) is 49.1 Å². The number of likely N-dealkylation sites (N-methyl/N-ethyl adjacent to an activating group) is 1. The van der Waals surface area contributed by atoms with Crippen LogP contribution in [0, 0.1) is 0 Å². The molecule has 0 spiro atoms. The first-order valence-corrected chi connectivity index (χ1v) is 10.9. The van der Waals surface area contributed by atoms with Crippen LogP contribution in [0.5, 0.6) is 11.5 Å². The quantitative estimate of drug-likeness (QED) is 0.716. The van der Waals surface area contributed by atoms with Gasteiger partial charge in [-0.2, -0.15) is 0 Å². The van der Waals surface area contributed by atoms with Crippen molar-refractivity contribution in [2.45, 2.75) is 32.2 Å². The molecule has 4 rings (SSSR count). The molecule has 2 N–H and O–H groups in total. The van der Waals surface area contributed by atoms with E-state index >= 15 is 0 Å². The van der Waals surface area contributed by atoms with Crippen molar-refractivity contribution in [1.82, 2.24) is 10.2 Å². The van der Waals surface area contributed by atoms with Crippen LogP contribution in [0.4, 0.5) is 5.69 Å². The van der Waals surface area contributed by atoms with Crippen molar-refractivity contribution < 1.29 is 19.1 Å². The van der Waals surface area contributed by atoms with E-state index in [4.69, 9.17) is 9.47 Å². The summed E-state index contributed by atoms with van der Waals surface area (Å²) in [6, 6.07) is 13.7. The molecular formula is C24H29N3O4. The van der Waals surface area contributed by atoms with Crippen molar-refractivity contribution in [3.8, 4) is 11.5 Å². The van der Waals surface area contributed by atoms with Crippen molar-refractivity contribution in [2.75, 3.05) is 38.2 Å². The Morgan fingerprint density at radius 2 is 1.81 bits per heavy atom. The third kappa shape index (κ3) is 5.35. The Morgan fingerprint density at radius 3 is 2.65 bits per heavy atom. The number of amides is 2. The predicted molar refractivity (Wildman–Crippen MR) is 118 cm³/mol. The summed E-state index contributed by atoms with van der Waals surface area (Å²) < 4.78 is 11.1. The van der Waals surface area contributed by atoms with Crippen LogP contribution < -0.4 is 20.1 Å². The Balaban J connectivity index is 1.30. The lowest BCUT2D eigenvalue weighted by Crippen LogP contribution is -2.42. The molecule has 1 heterocycles. The first-order valence-electron chi connectivity index (χ1n) is 10.9. The lowest BCUT2D eigenvalue weighted by Gasteiger charge is -2.27. The highest BCUT2D eigenvalue weighted by Gasteiger charge is 2.22. The predicted octanol–water partition coefficient (Wildman–Crippen LogP) is 2.91. The van der Waals surface area contributed by atoms with Gasteiger partial charge >= 0.3 is 0 Å². The minimum atomic E-state index is -0.172. The van der Waals surface area contributed by atoms with Crippen LogP contribution in [0.1, 0.15) is 36.9 Å². The van der Waals surface area contributed by atoms with Crippen molar-refractivity contribution >= 4 is 17.5 Å². The fourth-order valence-electron chi connectivity index (χ4n) is 4.15. The highest BCUT2D eigenvalue weighted by Crippen LogP contribution is 2.32. The lowest BCUT2D eigenvalue weighted by molar-refractivity contribution is -0.124. The van der Waals surface area contributed by atoms with Crippen LogP contribution in [-0.4, -0.2) is 49.6 Å². The number of nitrogens with zero attached hydrogens (tertiary/aromatic N) is 1. The maximum absolute atomic E-state index is 12.7. The van der Waals surface area contributed by atoms with E-state index < -0.39 is 0 Å². The largest absolute Gasteiger partial charge is 0.486 e. The molecular weight excluding hydrogens is 394 g/mol. The number of benzene rings is 2. The van der Waals surface area contributed by atoms with Gasteiger partial charge in [-0.1, -0.05) is 31.2 Å². The molecule has 2 aromatic rings. The Hall–Kier alpha value is -3.06. The first-order chi connectivity index (χ1) is 15.1. The number of hydrogen-bond donors (Lipinski definition) is 2. The van der Waals surface area contributed by atoms with Gasteiger partial charge < -0.3 is 20.1 Å². The smallest absolute Gasteiger partial charge is 0.238 e. The second-order valence-electron chi connectivity index (χ2n) is 7.92. The van der Waals surface area contributed by atoms with E-state index in [0.717, 1.165) is 19.3 Å². The van der Waals surface area contributed by atoms with Gasteiger partial charge in [0.05, 0.1) is 19.1 Å². The number of carbonyl (C=O) groups excluding carboxylic acids is 2. The summed E-state index contributed by atoms with van der Waals surface area (Å²) in [4.78, 5) is 27.0. The summed E-state index contributed by atoms with van der Waals surface area (Å²) in [6.07, 6.45) is 3.07. The van der Waals surface area contributed by atoms with Crippen LogP contribution in [0.2, 0.25) is 0 Å². The number of hydrogen-bond acceptors (Lipinski definition) is 5. The Kier molecular flexibility index (Phi) is 6.72. The first kappa shape index (κ1) is 21.2. The molecule has 0 saturated carbocycles. The van der Waals surface area contributed by atoms with Gasteiger partial charge in [-0.3, -0.25) is 14.5 Å². The summed E-state index contributed by atoms with van der Waals surface area (Å²) in [5.74, 6) is 1.08. The summed E-state index contributed by atoms with van der Waals surface area (Å²) in [5.41, 5.74) is 3.17. The van der Waals surface area contributed by atoms with Gasteiger partial charge in [0.1, 0.15) is 13.2 Å². The average molecular weight is 424 g/mol. The van der Waals surface area contributed by atoms with Gasteiger partial charge in [0, 0.05) is 11.8 Å². The molecule has 164 valence electrons. The van der Waals surface area contributed by atoms with Crippen molar-refractivity contribution in [3.05, 3.63) is 53.6 Å². The van der Waals surface area contributed by atoms with Crippen molar-refractivity contribution in [3.63, 3.8) is 0 Å². The highest BCUT2D eigenvalue weighted by molar-refractivity contribution is 5.93. The summed E-state index contributed by atoms with van der Waals surface area (Å²) in [7, 11) is 0. The second-order valence-corrected chi connectivity index (χ2v) is 7.92. The molecule has 1 aliphatic heterocycles. The standard InChI is InChI=1S/C24H29N3O4/c1-2-27(15-23(28)25-18-10-11-21-22(14-18)31-13-12-30-21)16-24(29)26-20-9-5-7-17-6-3-4-8-19(17)20/h3-4,6,8,10-11,14,20H,2,5,7,9,12-13,15-16H2,1H3,(H,25,28)(H,26,29). The summed E-state index contributed by atoms with van der Waals surface area (Å²) in [6.45, 7) is 3.89. The third-order valence-corrected chi connectivity index (χ3v) is 5.71. The molecule has 7 nitrogen and oxygen atoms in total. The highest BCUT2D eigenvalue weighted by atomic mass is 16.6. The van der Waals surface area contributed by atoms with Gasteiger partial charge in [0.15, 0.2) is 11.5 Å². The second kappa shape index (κ2) is 9.83. The molecule has 0 radical (unpaired) electrons. The molecule has 2 aliphatic rings. The zero-order chi connectivity index (χ0) is 21.6. The SMILES string of the molecule is CCN(CC(=O)Nc1ccc2c(c1)OCCO2)CC(=O)NC1CCCc2ccccc21. The van der Waals surface area contributed by atoms with Gasteiger partial charge in [0.25, 0.3) is 0 Å². The number of ether oxygens (including phenoxy) is 2. The fraction of sp³-hybridized carbons (Fsp3) is 0.417. The van der Waals surface area contributed by atoms with Crippen molar-refractivity contribution in [1.29, 1.82) is 0 Å².